The summed E-state index contributed by atoms with van der Waals surface area (Å²) in [6, 6.07) is 17.0. The largest absolute Gasteiger partial charge is 0.497 e. The van der Waals surface area contributed by atoms with E-state index in [0.717, 1.165) is 16.9 Å². The first-order chi connectivity index (χ1) is 11.5. The number of hydrogen-bond acceptors (Lipinski definition) is 3. The van der Waals surface area contributed by atoms with Crippen LogP contribution in [0.1, 0.15) is 31.0 Å². The van der Waals surface area contributed by atoms with E-state index in [9.17, 15) is 9.00 Å². The smallest absolute Gasteiger partial charge is 0.235 e. The van der Waals surface area contributed by atoms with Crippen LogP contribution in [0.25, 0.3) is 0 Å². The lowest BCUT2D eigenvalue weighted by atomic mass is 10.1. The standard InChI is InChI=1S/C19H23NO3S/c1-14(17-9-5-4-6-10-17)20-19(21)15(2)24(22)13-16-8-7-11-18(12-16)23-3/h4-12,14-15H,13H2,1-3H3,(H,20,21)/t14-,15-,24-/m1/s1. The molecule has 0 aromatic heterocycles. The maximum absolute atomic E-state index is 12.5. The van der Waals surface area contributed by atoms with Crippen molar-refractivity contribution in [2.24, 2.45) is 0 Å². The second kappa shape index (κ2) is 8.64. The minimum Gasteiger partial charge on any atom is -0.497 e. The molecule has 0 bridgehead atoms. The lowest BCUT2D eigenvalue weighted by molar-refractivity contribution is -0.121. The van der Waals surface area contributed by atoms with Gasteiger partial charge in [-0.2, -0.15) is 0 Å². The summed E-state index contributed by atoms with van der Waals surface area (Å²) in [5, 5.41) is 2.35. The molecule has 2 aromatic rings. The molecule has 0 saturated heterocycles. The van der Waals surface area contributed by atoms with Gasteiger partial charge in [0, 0.05) is 16.6 Å². The van der Waals surface area contributed by atoms with Crippen molar-refractivity contribution in [3.05, 3.63) is 65.7 Å². The molecule has 0 aliphatic rings. The molecule has 0 fully saturated rings. The molecular formula is C19H23NO3S. The van der Waals surface area contributed by atoms with Gasteiger partial charge in [-0.25, -0.2) is 0 Å². The van der Waals surface area contributed by atoms with E-state index in [1.807, 2.05) is 61.5 Å². The number of carbonyl (C=O) groups excluding carboxylic acids is 1. The zero-order chi connectivity index (χ0) is 17.5. The highest BCUT2D eigenvalue weighted by Gasteiger charge is 2.22. The van der Waals surface area contributed by atoms with Gasteiger partial charge < -0.3 is 10.1 Å². The summed E-state index contributed by atoms with van der Waals surface area (Å²) in [5.74, 6) is 0.845. The molecule has 2 aromatic carbocycles. The number of methoxy groups -OCH3 is 1. The molecule has 1 amide bonds. The van der Waals surface area contributed by atoms with Crippen molar-refractivity contribution >= 4 is 16.7 Å². The Kier molecular flexibility index (Phi) is 6.55. The lowest BCUT2D eigenvalue weighted by Gasteiger charge is -2.18. The molecule has 0 aliphatic heterocycles. The molecule has 0 saturated carbocycles. The van der Waals surface area contributed by atoms with Crippen molar-refractivity contribution in [2.75, 3.05) is 7.11 Å². The van der Waals surface area contributed by atoms with Crippen molar-refractivity contribution in [3.63, 3.8) is 0 Å². The van der Waals surface area contributed by atoms with E-state index in [2.05, 4.69) is 5.32 Å². The second-order valence-electron chi connectivity index (χ2n) is 5.66. The van der Waals surface area contributed by atoms with Crippen molar-refractivity contribution in [1.29, 1.82) is 0 Å². The highest BCUT2D eigenvalue weighted by Crippen LogP contribution is 2.16. The molecule has 3 atom stereocenters. The number of carbonyl (C=O) groups is 1. The van der Waals surface area contributed by atoms with Gasteiger partial charge in [0.15, 0.2) is 0 Å². The molecule has 0 radical (unpaired) electrons. The SMILES string of the molecule is COc1cccc(C[S@@](=O)[C@H](C)C(=O)N[C@H](C)c2ccccc2)c1. The first-order valence-corrected chi connectivity index (χ1v) is 9.25. The Hall–Kier alpha value is -2.14. The van der Waals surface area contributed by atoms with Crippen molar-refractivity contribution < 1.29 is 13.7 Å². The van der Waals surface area contributed by atoms with Crippen LogP contribution in [0.15, 0.2) is 54.6 Å². The molecule has 4 nitrogen and oxygen atoms in total. The van der Waals surface area contributed by atoms with E-state index in [4.69, 9.17) is 4.74 Å². The summed E-state index contributed by atoms with van der Waals surface area (Å²) in [5.41, 5.74) is 1.92. The molecular weight excluding hydrogens is 322 g/mol. The van der Waals surface area contributed by atoms with E-state index >= 15 is 0 Å². The molecule has 5 heteroatoms. The summed E-state index contributed by atoms with van der Waals surface area (Å²) < 4.78 is 17.6. The second-order valence-corrected chi connectivity index (χ2v) is 7.42. The summed E-state index contributed by atoms with van der Waals surface area (Å²) in [4.78, 5) is 12.4. The molecule has 0 heterocycles. The monoisotopic (exact) mass is 345 g/mol. The van der Waals surface area contributed by atoms with E-state index < -0.39 is 16.0 Å². The quantitative estimate of drug-likeness (QED) is 0.838. The maximum Gasteiger partial charge on any atom is 0.235 e. The Bertz CT molecular complexity index is 703. The van der Waals surface area contributed by atoms with Crippen LogP contribution in [0.2, 0.25) is 0 Å². The summed E-state index contributed by atoms with van der Waals surface area (Å²) in [6.45, 7) is 3.62. The number of ether oxygens (including phenoxy) is 1. The highest BCUT2D eigenvalue weighted by molar-refractivity contribution is 7.85. The first kappa shape index (κ1) is 18.2. The van der Waals surface area contributed by atoms with Gasteiger partial charge in [-0.1, -0.05) is 42.5 Å². The van der Waals surface area contributed by atoms with Gasteiger partial charge in [-0.3, -0.25) is 9.00 Å². The number of benzene rings is 2. The Labute approximate surface area is 145 Å². The third-order valence-corrected chi connectivity index (χ3v) is 5.49. The van der Waals surface area contributed by atoms with Crippen molar-refractivity contribution in [1.82, 2.24) is 5.32 Å². The molecule has 128 valence electrons. The maximum atomic E-state index is 12.5. The van der Waals surface area contributed by atoms with Crippen LogP contribution in [-0.2, 0) is 21.3 Å². The zero-order valence-corrected chi connectivity index (χ0v) is 15.0. The minimum atomic E-state index is -1.30. The Morgan fingerprint density at radius 3 is 2.50 bits per heavy atom. The molecule has 0 unspecified atom stereocenters. The average Bonchev–Trinajstić information content (AvgIpc) is 2.61. The number of rotatable bonds is 7. The highest BCUT2D eigenvalue weighted by atomic mass is 32.2. The Morgan fingerprint density at radius 1 is 1.12 bits per heavy atom. The van der Waals surface area contributed by atoms with Crippen LogP contribution in [0.3, 0.4) is 0 Å². The van der Waals surface area contributed by atoms with Crippen LogP contribution >= 0.6 is 0 Å². The minimum absolute atomic E-state index is 0.116. The fourth-order valence-electron chi connectivity index (χ4n) is 2.33. The number of hydrogen-bond donors (Lipinski definition) is 1. The predicted octanol–water partition coefficient (Wildman–Crippen LogP) is 3.21. The van der Waals surface area contributed by atoms with Crippen LogP contribution in [0.5, 0.6) is 5.75 Å². The van der Waals surface area contributed by atoms with Gasteiger partial charge in [0.25, 0.3) is 0 Å². The van der Waals surface area contributed by atoms with Gasteiger partial charge in [-0.15, -0.1) is 0 Å². The summed E-state index contributed by atoms with van der Waals surface area (Å²) in [7, 11) is 0.298. The molecule has 0 spiro atoms. The van der Waals surface area contributed by atoms with Gasteiger partial charge in [0.1, 0.15) is 11.0 Å². The van der Waals surface area contributed by atoms with Gasteiger partial charge in [0.2, 0.25) is 5.91 Å². The first-order valence-electron chi connectivity index (χ1n) is 7.86. The zero-order valence-electron chi connectivity index (χ0n) is 14.2. The molecule has 0 aliphatic carbocycles. The molecule has 24 heavy (non-hydrogen) atoms. The topological polar surface area (TPSA) is 55.4 Å². The van der Waals surface area contributed by atoms with Crippen molar-refractivity contribution in [2.45, 2.75) is 30.9 Å². The van der Waals surface area contributed by atoms with Crippen LogP contribution in [-0.4, -0.2) is 22.5 Å². The summed E-state index contributed by atoms with van der Waals surface area (Å²) in [6.07, 6.45) is 0. The normalized spacial score (nSPS) is 14.5. The lowest BCUT2D eigenvalue weighted by Crippen LogP contribution is -2.37. The molecule has 1 N–H and O–H groups in total. The fraction of sp³-hybridized carbons (Fsp3) is 0.316. The van der Waals surface area contributed by atoms with E-state index in [-0.39, 0.29) is 11.9 Å². The fourth-order valence-corrected chi connectivity index (χ4v) is 3.39. The third-order valence-electron chi connectivity index (χ3n) is 3.86. The Balaban J connectivity index is 1.95. The average molecular weight is 345 g/mol. The van der Waals surface area contributed by atoms with Crippen molar-refractivity contribution in [3.8, 4) is 5.75 Å². The molecule has 2 rings (SSSR count). The third kappa shape index (κ3) is 4.93. The van der Waals surface area contributed by atoms with Gasteiger partial charge in [0.05, 0.1) is 13.2 Å². The van der Waals surface area contributed by atoms with Gasteiger partial charge >= 0.3 is 0 Å². The van der Waals surface area contributed by atoms with E-state index in [0.29, 0.717) is 5.75 Å². The van der Waals surface area contributed by atoms with E-state index in [1.165, 1.54) is 0 Å². The number of nitrogens with one attached hydrogen (secondary N) is 1. The van der Waals surface area contributed by atoms with Gasteiger partial charge in [-0.05, 0) is 37.1 Å². The van der Waals surface area contributed by atoms with Crippen LogP contribution in [0.4, 0.5) is 0 Å². The predicted molar refractivity (Wildman–Crippen MR) is 97.3 cm³/mol. The van der Waals surface area contributed by atoms with Crippen LogP contribution in [0, 0.1) is 0 Å². The van der Waals surface area contributed by atoms with Crippen LogP contribution < -0.4 is 10.1 Å². The summed E-state index contributed by atoms with van der Waals surface area (Å²) >= 11 is 0. The number of amides is 1. The Morgan fingerprint density at radius 2 is 1.83 bits per heavy atom. The van der Waals surface area contributed by atoms with E-state index in [1.54, 1.807) is 14.0 Å².